The summed E-state index contributed by atoms with van der Waals surface area (Å²) in [6.07, 6.45) is -3.37. The van der Waals surface area contributed by atoms with Crippen LogP contribution >= 0.6 is 11.8 Å². The predicted molar refractivity (Wildman–Crippen MR) is 172 cm³/mol. The molecule has 1 fully saturated rings. The number of benzene rings is 1. The summed E-state index contributed by atoms with van der Waals surface area (Å²) in [6.45, 7) is 8.21. The van der Waals surface area contributed by atoms with Gasteiger partial charge in [0.2, 0.25) is 5.91 Å². The van der Waals surface area contributed by atoms with Crippen LogP contribution in [0.3, 0.4) is 0 Å². The molecule has 0 saturated carbocycles. The summed E-state index contributed by atoms with van der Waals surface area (Å²) in [5, 5.41) is 0.284. The van der Waals surface area contributed by atoms with Crippen molar-refractivity contribution in [3.63, 3.8) is 0 Å². The maximum absolute atomic E-state index is 15.0. The molecule has 1 aromatic heterocycles. The first-order chi connectivity index (χ1) is 19.7. The molecule has 0 spiro atoms. The van der Waals surface area contributed by atoms with E-state index in [9.17, 15) is 9.59 Å². The molecule has 3 heterocycles. The second-order valence-corrected chi connectivity index (χ2v) is 12.7. The van der Waals surface area contributed by atoms with Gasteiger partial charge in [0.15, 0.2) is 0 Å². The molecular weight excluding hydrogens is 561 g/mol. The molecule has 2 aliphatic heterocycles. The minimum atomic E-state index is -4.64. The maximum atomic E-state index is 15.0. The van der Waals surface area contributed by atoms with Gasteiger partial charge in [0.05, 0.1) is 23.7 Å². The van der Waals surface area contributed by atoms with Gasteiger partial charge < -0.3 is 14.5 Å². The third-order valence-corrected chi connectivity index (χ3v) is 10.4. The third kappa shape index (κ3) is 4.76. The maximum Gasteiger partial charge on any atom is 0.416 e. The number of methoxy groups -OCH3 is 1. The molecule has 3 aliphatic rings. The van der Waals surface area contributed by atoms with Crippen LogP contribution in [0.25, 0.3) is 10.9 Å². The molecular formula is C27H33B4F3N4O3S. The van der Waals surface area contributed by atoms with Gasteiger partial charge in [-0.05, 0) is 31.6 Å². The highest BCUT2D eigenvalue weighted by Gasteiger charge is 2.43. The van der Waals surface area contributed by atoms with E-state index in [1.807, 2.05) is 50.1 Å². The number of amides is 1. The molecule has 42 heavy (non-hydrogen) atoms. The highest BCUT2D eigenvalue weighted by atomic mass is 32.2. The number of hydrogen-bond acceptors (Lipinski definition) is 6. The van der Waals surface area contributed by atoms with E-state index in [2.05, 4.69) is 11.6 Å². The zero-order valence-electron chi connectivity index (χ0n) is 25.1. The van der Waals surface area contributed by atoms with E-state index < -0.39 is 23.3 Å². The Morgan fingerprint density at radius 1 is 1.17 bits per heavy atom. The van der Waals surface area contributed by atoms with Gasteiger partial charge in [-0.15, -0.1) is 33.7 Å². The monoisotopic (exact) mass is 594 g/mol. The molecule has 1 amide bonds. The second-order valence-electron chi connectivity index (χ2n) is 11.7. The first kappa shape index (κ1) is 30.7. The number of hydrogen-bond donors (Lipinski definition) is 0. The van der Waals surface area contributed by atoms with Crippen molar-refractivity contribution in [1.29, 1.82) is 0 Å². The molecule has 0 unspecified atom stereocenters. The van der Waals surface area contributed by atoms with E-state index in [-0.39, 0.29) is 47.4 Å². The van der Waals surface area contributed by atoms with Gasteiger partial charge in [-0.3, -0.25) is 9.36 Å². The van der Waals surface area contributed by atoms with Crippen LogP contribution < -0.4 is 10.6 Å². The van der Waals surface area contributed by atoms with Crippen molar-refractivity contribution >= 4 is 65.8 Å². The van der Waals surface area contributed by atoms with Crippen molar-refractivity contribution in [3.8, 4) is 0 Å². The van der Waals surface area contributed by atoms with Gasteiger partial charge in [0.25, 0.3) is 0 Å². The largest absolute Gasteiger partial charge is 0.416 e. The quantitative estimate of drug-likeness (QED) is 0.369. The third-order valence-electron chi connectivity index (χ3n) is 9.18. The molecule has 1 aliphatic carbocycles. The Hall–Kier alpha value is -2.79. The molecule has 2 aromatic rings. The van der Waals surface area contributed by atoms with Gasteiger partial charge in [-0.1, -0.05) is 6.58 Å². The first-order valence-electron chi connectivity index (χ1n) is 14.1. The summed E-state index contributed by atoms with van der Waals surface area (Å²) >= 11 is 1.36. The fourth-order valence-corrected chi connectivity index (χ4v) is 8.34. The van der Waals surface area contributed by atoms with Gasteiger partial charge in [-0.25, -0.2) is 4.79 Å². The summed E-state index contributed by atoms with van der Waals surface area (Å²) in [5.74, 6) is -0.152. The number of carbonyl (C=O) groups excluding carboxylic acids is 1. The lowest BCUT2D eigenvalue weighted by Crippen LogP contribution is -2.58. The normalized spacial score (nSPS) is 23.3. The minimum Gasteiger partial charge on any atom is -0.383 e. The van der Waals surface area contributed by atoms with E-state index in [1.165, 1.54) is 28.5 Å². The summed E-state index contributed by atoms with van der Waals surface area (Å²) in [7, 11) is 9.24. The highest BCUT2D eigenvalue weighted by molar-refractivity contribution is 7.99. The van der Waals surface area contributed by atoms with Gasteiger partial charge in [-0.2, -0.15) is 18.2 Å². The van der Waals surface area contributed by atoms with E-state index in [0.29, 0.717) is 29.3 Å². The van der Waals surface area contributed by atoms with Gasteiger partial charge in [0, 0.05) is 54.2 Å². The number of ether oxygens (including phenoxy) is 1. The summed E-state index contributed by atoms with van der Waals surface area (Å²) < 4.78 is 52.1. The lowest BCUT2D eigenvalue weighted by atomic mass is 9.69. The van der Waals surface area contributed by atoms with E-state index in [1.54, 1.807) is 12.0 Å². The van der Waals surface area contributed by atoms with E-state index in [4.69, 9.17) is 4.74 Å². The molecule has 0 N–H and O–H groups in total. The van der Waals surface area contributed by atoms with Crippen molar-refractivity contribution in [2.45, 2.75) is 49.0 Å². The van der Waals surface area contributed by atoms with Crippen molar-refractivity contribution in [2.24, 2.45) is 0 Å². The standard InChI is InChI=1S/C27H33B4F3N4O3S/c1-5-16(39)37-11(2)7-36(8-12(37)3)25-14-6-15(27(32,33)34)17(18-19(28)21(30)22(31)20(18)29)24-23(14)38(26(40)35-25)13(9-41-4)10-42-24/h5-6,11-13,18H,1,7-10,28-31H2,2-4H3/t11-,12+,13-/m0/s1. The lowest BCUT2D eigenvalue weighted by molar-refractivity contribution is -0.138. The number of anilines is 1. The summed E-state index contributed by atoms with van der Waals surface area (Å²) in [6, 6.07) is 0.275. The number of allylic oxidation sites excluding steroid dienone is 4. The first-order valence-corrected chi connectivity index (χ1v) is 15.1. The highest BCUT2D eigenvalue weighted by Crippen LogP contribution is 2.52. The Morgan fingerprint density at radius 2 is 1.76 bits per heavy atom. The topological polar surface area (TPSA) is 67.7 Å². The van der Waals surface area contributed by atoms with Crippen LogP contribution in [-0.4, -0.2) is 96.4 Å². The Bertz CT molecular complexity index is 1590. The average Bonchev–Trinajstić information content (AvgIpc) is 3.11. The van der Waals surface area contributed by atoms with Gasteiger partial charge >= 0.3 is 11.9 Å². The molecule has 1 saturated heterocycles. The smallest absolute Gasteiger partial charge is 0.383 e. The van der Waals surface area contributed by atoms with Crippen LogP contribution in [0.5, 0.6) is 0 Å². The molecule has 3 atom stereocenters. The van der Waals surface area contributed by atoms with Crippen LogP contribution in [-0.2, 0) is 15.7 Å². The number of rotatable bonds is 5. The lowest BCUT2D eigenvalue weighted by Gasteiger charge is -2.45. The Morgan fingerprint density at radius 3 is 2.29 bits per heavy atom. The van der Waals surface area contributed by atoms with Crippen LogP contribution in [0.4, 0.5) is 19.0 Å². The Balaban J connectivity index is 1.84. The molecule has 5 rings (SSSR count). The molecule has 0 bridgehead atoms. The molecule has 0 radical (unpaired) electrons. The average molecular weight is 594 g/mol. The summed E-state index contributed by atoms with van der Waals surface area (Å²) in [5.41, 5.74) is 3.23. The van der Waals surface area contributed by atoms with Crippen LogP contribution in [0.15, 0.2) is 50.3 Å². The number of piperazine rings is 1. The fraction of sp³-hybridized carbons (Fsp3) is 0.444. The van der Waals surface area contributed by atoms with E-state index >= 15 is 13.2 Å². The number of carbonyl (C=O) groups is 1. The summed E-state index contributed by atoms with van der Waals surface area (Å²) in [4.78, 5) is 34.7. The second kappa shape index (κ2) is 11.0. The van der Waals surface area contributed by atoms with Gasteiger partial charge in [0.1, 0.15) is 37.2 Å². The van der Waals surface area contributed by atoms with Crippen LogP contribution in [0.2, 0.25) is 0 Å². The van der Waals surface area contributed by atoms with Crippen LogP contribution in [0, 0.1) is 0 Å². The zero-order valence-corrected chi connectivity index (χ0v) is 25.9. The molecule has 7 nitrogen and oxygen atoms in total. The van der Waals surface area contributed by atoms with E-state index in [0.717, 1.165) is 21.9 Å². The SMILES string of the molecule is BC1=C(B)C(c2c(C(F)(F)F)cc3c(N4C[C@@H](C)N(C(=O)C=C)[C@@H](C)C4)nc(=O)n4c3c2SC[C@@H]4COC)C(B)=C1B. The molecule has 1 aromatic carbocycles. The van der Waals surface area contributed by atoms with Crippen molar-refractivity contribution in [2.75, 3.05) is 37.5 Å². The molecule has 218 valence electrons. The molecule has 15 heteroatoms. The Labute approximate surface area is 251 Å². The van der Waals surface area contributed by atoms with Crippen LogP contribution in [0.1, 0.15) is 36.9 Å². The zero-order chi connectivity index (χ0) is 30.8. The van der Waals surface area contributed by atoms with Crippen molar-refractivity contribution < 1.29 is 22.7 Å². The number of nitrogens with zero attached hydrogens (tertiary/aromatic N) is 4. The number of thioether (sulfide) groups is 1. The van der Waals surface area contributed by atoms with Crippen molar-refractivity contribution in [3.05, 3.63) is 62.2 Å². The van der Waals surface area contributed by atoms with Crippen molar-refractivity contribution in [1.82, 2.24) is 14.5 Å². The number of alkyl halides is 3. The Kier molecular flexibility index (Phi) is 8.06. The number of halogens is 3. The minimum absolute atomic E-state index is 0.204. The number of aromatic nitrogens is 2. The fourth-order valence-electron chi connectivity index (χ4n) is 7.01. The predicted octanol–water partition coefficient (Wildman–Crippen LogP) is 0.373.